The molecule has 1 aromatic carbocycles. The van der Waals surface area contributed by atoms with E-state index in [0.29, 0.717) is 19.1 Å². The van der Waals surface area contributed by atoms with E-state index in [2.05, 4.69) is 0 Å². The number of methoxy groups -OCH3 is 1. The van der Waals surface area contributed by atoms with E-state index < -0.39 is 0 Å². The fraction of sp³-hybridized carbons (Fsp3) is 0.647. The van der Waals surface area contributed by atoms with Gasteiger partial charge in [-0.25, -0.2) is 0 Å². The van der Waals surface area contributed by atoms with Crippen molar-refractivity contribution < 1.29 is 14.6 Å². The summed E-state index contributed by atoms with van der Waals surface area (Å²) in [6.07, 6.45) is 6.10. The van der Waals surface area contributed by atoms with E-state index in [1.807, 2.05) is 24.3 Å². The van der Waals surface area contributed by atoms with Gasteiger partial charge in [-0.2, -0.15) is 0 Å². The van der Waals surface area contributed by atoms with Crippen LogP contribution in [-0.2, 0) is 0 Å². The molecule has 1 aromatic rings. The molecule has 3 unspecified atom stereocenters. The number of hydrogen-bond donors (Lipinski definition) is 1. The van der Waals surface area contributed by atoms with Gasteiger partial charge in [0.15, 0.2) is 11.5 Å². The first-order chi connectivity index (χ1) is 9.77. The van der Waals surface area contributed by atoms with Crippen LogP contribution in [0.4, 0.5) is 0 Å². The molecule has 0 radical (unpaired) electrons. The number of para-hydroxylation sites is 2. The summed E-state index contributed by atoms with van der Waals surface area (Å²) in [5.41, 5.74) is 0.116. The molecule has 0 heterocycles. The second-order valence-electron chi connectivity index (χ2n) is 6.35. The lowest BCUT2D eigenvalue weighted by molar-refractivity contribution is 0.0422. The quantitative estimate of drug-likeness (QED) is 0.866. The third-order valence-corrected chi connectivity index (χ3v) is 5.34. The molecule has 2 saturated carbocycles. The van der Waals surface area contributed by atoms with E-state index in [1.54, 1.807) is 7.11 Å². The minimum Gasteiger partial charge on any atom is -0.493 e. The van der Waals surface area contributed by atoms with Crippen LogP contribution in [0, 0.1) is 17.3 Å². The molecule has 0 amide bonds. The van der Waals surface area contributed by atoms with Gasteiger partial charge in [-0.05, 0) is 55.1 Å². The minimum absolute atomic E-state index is 0.116. The number of benzene rings is 1. The van der Waals surface area contributed by atoms with Crippen LogP contribution < -0.4 is 9.47 Å². The normalized spacial score (nSPS) is 31.5. The molecule has 0 saturated heterocycles. The van der Waals surface area contributed by atoms with Gasteiger partial charge in [-0.1, -0.05) is 18.6 Å². The minimum atomic E-state index is 0.116. The van der Waals surface area contributed by atoms with Crippen molar-refractivity contribution in [3.8, 4) is 11.5 Å². The zero-order valence-electron chi connectivity index (χ0n) is 12.2. The Morgan fingerprint density at radius 2 is 2.05 bits per heavy atom. The lowest BCUT2D eigenvalue weighted by Crippen LogP contribution is -2.33. The highest BCUT2D eigenvalue weighted by molar-refractivity contribution is 5.39. The molecule has 2 fully saturated rings. The zero-order valence-corrected chi connectivity index (χ0v) is 12.2. The third kappa shape index (κ3) is 2.39. The van der Waals surface area contributed by atoms with Crippen molar-refractivity contribution in [2.75, 3.05) is 20.3 Å². The van der Waals surface area contributed by atoms with E-state index >= 15 is 0 Å². The maximum absolute atomic E-state index is 9.86. The van der Waals surface area contributed by atoms with E-state index in [1.165, 1.54) is 25.7 Å². The van der Waals surface area contributed by atoms with Gasteiger partial charge in [0.05, 0.1) is 13.7 Å². The smallest absolute Gasteiger partial charge is 0.161 e. The lowest BCUT2D eigenvalue weighted by Gasteiger charge is -2.36. The van der Waals surface area contributed by atoms with Gasteiger partial charge in [0, 0.05) is 6.61 Å². The molecule has 2 bridgehead atoms. The highest BCUT2D eigenvalue weighted by Crippen LogP contribution is 2.57. The number of aliphatic hydroxyl groups is 1. The summed E-state index contributed by atoms with van der Waals surface area (Å²) in [7, 11) is 1.66. The van der Waals surface area contributed by atoms with Crippen LogP contribution in [0.25, 0.3) is 0 Å². The monoisotopic (exact) mass is 276 g/mol. The van der Waals surface area contributed by atoms with Crippen LogP contribution in [0.15, 0.2) is 24.3 Å². The van der Waals surface area contributed by atoms with Crippen LogP contribution in [0.5, 0.6) is 11.5 Å². The highest BCUT2D eigenvalue weighted by Gasteiger charge is 2.50. The molecule has 3 nitrogen and oxygen atoms in total. The average Bonchev–Trinajstić information content (AvgIpc) is 3.09. The summed E-state index contributed by atoms with van der Waals surface area (Å²) in [5, 5.41) is 9.86. The summed E-state index contributed by atoms with van der Waals surface area (Å²) in [5.74, 6) is 3.13. The molecule has 3 atom stereocenters. The Bertz CT molecular complexity index is 459. The second-order valence-corrected chi connectivity index (χ2v) is 6.35. The first-order valence-corrected chi connectivity index (χ1v) is 7.64. The van der Waals surface area contributed by atoms with Gasteiger partial charge in [0.1, 0.15) is 0 Å². The van der Waals surface area contributed by atoms with Gasteiger partial charge in [0.2, 0.25) is 0 Å². The van der Waals surface area contributed by atoms with Gasteiger partial charge in [-0.15, -0.1) is 0 Å². The number of hydrogen-bond acceptors (Lipinski definition) is 3. The Hall–Kier alpha value is -1.22. The van der Waals surface area contributed by atoms with Crippen molar-refractivity contribution in [2.45, 2.75) is 32.1 Å². The van der Waals surface area contributed by atoms with Crippen molar-refractivity contribution in [3.05, 3.63) is 24.3 Å². The van der Waals surface area contributed by atoms with Crippen LogP contribution >= 0.6 is 0 Å². The summed E-state index contributed by atoms with van der Waals surface area (Å²) in [6.45, 7) is 0.966. The Labute approximate surface area is 120 Å². The fourth-order valence-corrected chi connectivity index (χ4v) is 4.24. The van der Waals surface area contributed by atoms with Crippen LogP contribution in [-0.4, -0.2) is 25.4 Å². The topological polar surface area (TPSA) is 38.7 Å². The zero-order chi connectivity index (χ0) is 14.0. The van der Waals surface area contributed by atoms with Gasteiger partial charge in [0.25, 0.3) is 0 Å². The second kappa shape index (κ2) is 5.65. The maximum Gasteiger partial charge on any atom is 0.161 e. The van der Waals surface area contributed by atoms with Gasteiger partial charge in [-0.3, -0.25) is 0 Å². The molecule has 3 heteroatoms. The molecule has 0 spiro atoms. The predicted octanol–water partition coefficient (Wildman–Crippen LogP) is 3.26. The molecular formula is C17H24O3. The van der Waals surface area contributed by atoms with Crippen LogP contribution in [0.1, 0.15) is 32.1 Å². The molecule has 1 N–H and O–H groups in total. The molecule has 0 aliphatic heterocycles. The summed E-state index contributed by atoms with van der Waals surface area (Å²) < 4.78 is 11.2. The first kappa shape index (κ1) is 13.7. The SMILES string of the molecule is COc1ccccc1OCCC1(CO)CC2CCC1C2. The van der Waals surface area contributed by atoms with E-state index in [4.69, 9.17) is 9.47 Å². The molecule has 2 aliphatic rings. The fourth-order valence-electron chi connectivity index (χ4n) is 4.24. The summed E-state index contributed by atoms with van der Waals surface area (Å²) >= 11 is 0. The summed E-state index contributed by atoms with van der Waals surface area (Å²) in [6, 6.07) is 7.74. The largest absolute Gasteiger partial charge is 0.493 e. The van der Waals surface area contributed by atoms with Crippen LogP contribution in [0.3, 0.4) is 0 Å². The number of ether oxygens (including phenoxy) is 2. The van der Waals surface area contributed by atoms with Gasteiger partial charge < -0.3 is 14.6 Å². The third-order valence-electron chi connectivity index (χ3n) is 5.34. The van der Waals surface area contributed by atoms with E-state index in [0.717, 1.165) is 23.8 Å². The Morgan fingerprint density at radius 3 is 2.65 bits per heavy atom. The van der Waals surface area contributed by atoms with Crippen molar-refractivity contribution in [2.24, 2.45) is 17.3 Å². The highest BCUT2D eigenvalue weighted by atomic mass is 16.5. The van der Waals surface area contributed by atoms with Crippen LogP contribution in [0.2, 0.25) is 0 Å². The summed E-state index contributed by atoms with van der Waals surface area (Å²) in [4.78, 5) is 0. The molecule has 20 heavy (non-hydrogen) atoms. The average molecular weight is 276 g/mol. The maximum atomic E-state index is 9.86. The molecule has 3 rings (SSSR count). The number of rotatable bonds is 6. The predicted molar refractivity (Wildman–Crippen MR) is 78.1 cm³/mol. The number of aliphatic hydroxyl groups excluding tert-OH is 1. The van der Waals surface area contributed by atoms with Gasteiger partial charge >= 0.3 is 0 Å². The molecule has 0 aromatic heterocycles. The van der Waals surface area contributed by atoms with Crippen molar-refractivity contribution in [1.29, 1.82) is 0 Å². The Kier molecular flexibility index (Phi) is 3.88. The Balaban J connectivity index is 1.59. The molecule has 110 valence electrons. The van der Waals surface area contributed by atoms with E-state index in [-0.39, 0.29) is 5.41 Å². The standard InChI is InChI=1S/C17H24O3/c1-19-15-4-2-3-5-16(15)20-9-8-17(12-18)11-13-6-7-14(17)10-13/h2-5,13-14,18H,6-12H2,1H3. The van der Waals surface area contributed by atoms with Crippen molar-refractivity contribution >= 4 is 0 Å². The van der Waals surface area contributed by atoms with Crippen molar-refractivity contribution in [3.63, 3.8) is 0 Å². The Morgan fingerprint density at radius 1 is 1.25 bits per heavy atom. The molecule has 2 aliphatic carbocycles. The molecular weight excluding hydrogens is 252 g/mol. The number of fused-ring (bicyclic) bond motifs is 2. The lowest BCUT2D eigenvalue weighted by atomic mass is 9.71. The van der Waals surface area contributed by atoms with E-state index in [9.17, 15) is 5.11 Å². The first-order valence-electron chi connectivity index (χ1n) is 7.64. The van der Waals surface area contributed by atoms with Crippen molar-refractivity contribution in [1.82, 2.24) is 0 Å².